The van der Waals surface area contributed by atoms with Crippen molar-refractivity contribution in [2.45, 2.75) is 25.3 Å². The Morgan fingerprint density at radius 2 is 1.74 bits per heavy atom. The second-order valence-electron chi connectivity index (χ2n) is 5.76. The van der Waals surface area contributed by atoms with Gasteiger partial charge >= 0.3 is 0 Å². The van der Waals surface area contributed by atoms with Gasteiger partial charge in [0.15, 0.2) is 0 Å². The molecule has 0 radical (unpaired) electrons. The predicted molar refractivity (Wildman–Crippen MR) is 89.0 cm³/mol. The van der Waals surface area contributed by atoms with Crippen molar-refractivity contribution in [3.63, 3.8) is 0 Å². The Kier molecular flexibility index (Phi) is 4.71. The van der Waals surface area contributed by atoms with Gasteiger partial charge in [-0.05, 0) is 42.5 Å². The summed E-state index contributed by atoms with van der Waals surface area (Å²) in [5.74, 6) is -0.388. The molecule has 0 aliphatic heterocycles. The number of benzene rings is 2. The lowest BCUT2D eigenvalue weighted by Crippen LogP contribution is -2.39. The van der Waals surface area contributed by atoms with Crippen LogP contribution in [0.3, 0.4) is 0 Å². The van der Waals surface area contributed by atoms with Crippen LogP contribution in [0.5, 0.6) is 0 Å². The minimum Gasteiger partial charge on any atom is -0.348 e. The molecule has 1 aliphatic rings. The second-order valence-corrected chi connectivity index (χ2v) is 5.76. The second kappa shape index (κ2) is 7.09. The molecule has 0 unspecified atom stereocenters. The van der Waals surface area contributed by atoms with Gasteiger partial charge in [-0.3, -0.25) is 9.59 Å². The number of nitrogens with one attached hydrogen (secondary N) is 2. The standard InChI is InChI=1S/C19H20N2O2/c22-18(13-20-19(23)15-8-2-1-3-9-15)21-17-12-6-10-14-7-4-5-11-16(14)17/h1-5,7-9,11,17H,6,10,12-13H2,(H,20,23)(H,21,22)/t17-/m1/s1. The summed E-state index contributed by atoms with van der Waals surface area (Å²) in [6.07, 6.45) is 3.07. The number of hydrogen-bond donors (Lipinski definition) is 2. The summed E-state index contributed by atoms with van der Waals surface area (Å²) in [6.45, 7) is -0.00755. The molecular formula is C19H20N2O2. The molecule has 0 saturated carbocycles. The summed E-state index contributed by atoms with van der Waals surface area (Å²) in [7, 11) is 0. The summed E-state index contributed by atoms with van der Waals surface area (Å²) in [6, 6.07) is 17.2. The van der Waals surface area contributed by atoms with Gasteiger partial charge in [0.2, 0.25) is 5.91 Å². The zero-order valence-corrected chi connectivity index (χ0v) is 12.9. The van der Waals surface area contributed by atoms with E-state index >= 15 is 0 Å². The minimum absolute atomic E-state index is 0.00755. The lowest BCUT2D eigenvalue weighted by molar-refractivity contribution is -0.121. The molecule has 2 N–H and O–H groups in total. The first-order valence-electron chi connectivity index (χ1n) is 7.94. The van der Waals surface area contributed by atoms with Gasteiger partial charge in [-0.25, -0.2) is 0 Å². The van der Waals surface area contributed by atoms with Gasteiger partial charge in [-0.2, -0.15) is 0 Å². The first-order chi connectivity index (χ1) is 11.2. The van der Waals surface area contributed by atoms with Crippen LogP contribution in [0, 0.1) is 0 Å². The number of fused-ring (bicyclic) bond motifs is 1. The highest BCUT2D eigenvalue weighted by molar-refractivity contribution is 5.96. The van der Waals surface area contributed by atoms with E-state index in [0.29, 0.717) is 5.56 Å². The zero-order valence-electron chi connectivity index (χ0n) is 12.9. The summed E-state index contributed by atoms with van der Waals surface area (Å²) in [5.41, 5.74) is 3.06. The smallest absolute Gasteiger partial charge is 0.251 e. The van der Waals surface area contributed by atoms with Gasteiger partial charge in [0.1, 0.15) is 0 Å². The number of hydrogen-bond acceptors (Lipinski definition) is 2. The van der Waals surface area contributed by atoms with E-state index in [1.807, 2.05) is 18.2 Å². The molecule has 118 valence electrons. The van der Waals surface area contributed by atoms with Gasteiger partial charge in [-0.1, -0.05) is 42.5 Å². The zero-order chi connectivity index (χ0) is 16.1. The quantitative estimate of drug-likeness (QED) is 0.912. The van der Waals surface area contributed by atoms with Crippen LogP contribution in [-0.2, 0) is 11.2 Å². The summed E-state index contributed by atoms with van der Waals surface area (Å²) in [5, 5.41) is 5.69. The molecule has 0 aromatic heterocycles. The third-order valence-electron chi connectivity index (χ3n) is 4.15. The molecule has 2 aromatic carbocycles. The Morgan fingerprint density at radius 3 is 2.57 bits per heavy atom. The Hall–Kier alpha value is -2.62. The van der Waals surface area contributed by atoms with E-state index in [-0.39, 0.29) is 24.4 Å². The third kappa shape index (κ3) is 3.77. The van der Waals surface area contributed by atoms with Crippen molar-refractivity contribution in [1.82, 2.24) is 10.6 Å². The van der Waals surface area contributed by atoms with Crippen LogP contribution in [-0.4, -0.2) is 18.4 Å². The maximum atomic E-state index is 12.1. The number of carbonyl (C=O) groups excluding carboxylic acids is 2. The maximum Gasteiger partial charge on any atom is 0.251 e. The van der Waals surface area contributed by atoms with Gasteiger partial charge in [0.25, 0.3) is 5.91 Å². The highest BCUT2D eigenvalue weighted by Crippen LogP contribution is 2.29. The normalized spacial score (nSPS) is 16.3. The lowest BCUT2D eigenvalue weighted by Gasteiger charge is -2.26. The Balaban J connectivity index is 1.55. The van der Waals surface area contributed by atoms with Crippen LogP contribution in [0.25, 0.3) is 0 Å². The lowest BCUT2D eigenvalue weighted by atomic mass is 9.88. The van der Waals surface area contributed by atoms with Crippen LogP contribution in [0.4, 0.5) is 0 Å². The Labute approximate surface area is 135 Å². The fraction of sp³-hybridized carbons (Fsp3) is 0.263. The van der Waals surface area contributed by atoms with Gasteiger partial charge in [-0.15, -0.1) is 0 Å². The van der Waals surface area contributed by atoms with Crippen molar-refractivity contribution in [2.24, 2.45) is 0 Å². The molecule has 1 atom stereocenters. The van der Waals surface area contributed by atoms with Crippen LogP contribution >= 0.6 is 0 Å². The van der Waals surface area contributed by atoms with Crippen LogP contribution < -0.4 is 10.6 Å². The van der Waals surface area contributed by atoms with Crippen molar-refractivity contribution < 1.29 is 9.59 Å². The number of rotatable bonds is 4. The first-order valence-corrected chi connectivity index (χ1v) is 7.94. The fourth-order valence-electron chi connectivity index (χ4n) is 3.00. The predicted octanol–water partition coefficient (Wildman–Crippen LogP) is 2.61. The SMILES string of the molecule is O=C(CNC(=O)c1ccccc1)N[C@@H]1CCCc2ccccc21. The average molecular weight is 308 g/mol. The molecule has 0 spiro atoms. The average Bonchev–Trinajstić information content (AvgIpc) is 2.61. The van der Waals surface area contributed by atoms with Gasteiger partial charge in [0.05, 0.1) is 12.6 Å². The third-order valence-corrected chi connectivity index (χ3v) is 4.15. The van der Waals surface area contributed by atoms with Crippen molar-refractivity contribution in [1.29, 1.82) is 0 Å². The number of amides is 2. The van der Waals surface area contributed by atoms with E-state index in [1.165, 1.54) is 11.1 Å². The topological polar surface area (TPSA) is 58.2 Å². The molecule has 0 saturated heterocycles. The van der Waals surface area contributed by atoms with Gasteiger partial charge < -0.3 is 10.6 Å². The molecule has 1 aliphatic carbocycles. The van der Waals surface area contributed by atoms with E-state index in [2.05, 4.69) is 22.8 Å². The van der Waals surface area contributed by atoms with E-state index in [1.54, 1.807) is 24.3 Å². The Bertz CT molecular complexity index is 698. The molecule has 0 bridgehead atoms. The van der Waals surface area contributed by atoms with Crippen LogP contribution in [0.1, 0.15) is 40.4 Å². The molecule has 3 rings (SSSR count). The summed E-state index contributed by atoms with van der Waals surface area (Å²) in [4.78, 5) is 24.1. The molecule has 0 fully saturated rings. The highest BCUT2D eigenvalue weighted by Gasteiger charge is 2.21. The minimum atomic E-state index is -0.232. The van der Waals surface area contributed by atoms with Crippen molar-refractivity contribution in [3.8, 4) is 0 Å². The molecule has 2 aromatic rings. The van der Waals surface area contributed by atoms with E-state index in [4.69, 9.17) is 0 Å². The van der Waals surface area contributed by atoms with Crippen LogP contribution in [0.15, 0.2) is 54.6 Å². The molecule has 2 amide bonds. The maximum absolute atomic E-state index is 12.1. The molecule has 23 heavy (non-hydrogen) atoms. The van der Waals surface area contributed by atoms with E-state index in [0.717, 1.165) is 19.3 Å². The van der Waals surface area contributed by atoms with Crippen molar-refractivity contribution in [3.05, 3.63) is 71.3 Å². The Morgan fingerprint density at radius 1 is 1.00 bits per heavy atom. The van der Waals surface area contributed by atoms with Crippen LogP contribution in [0.2, 0.25) is 0 Å². The largest absolute Gasteiger partial charge is 0.348 e. The highest BCUT2D eigenvalue weighted by atomic mass is 16.2. The first kappa shape index (κ1) is 15.3. The monoisotopic (exact) mass is 308 g/mol. The fourth-order valence-corrected chi connectivity index (χ4v) is 3.00. The molecule has 4 nitrogen and oxygen atoms in total. The number of carbonyl (C=O) groups is 2. The molecule has 4 heteroatoms. The molecular weight excluding hydrogens is 288 g/mol. The van der Waals surface area contributed by atoms with Crippen molar-refractivity contribution in [2.75, 3.05) is 6.54 Å². The molecule has 0 heterocycles. The van der Waals surface area contributed by atoms with Crippen molar-refractivity contribution >= 4 is 11.8 Å². The summed E-state index contributed by atoms with van der Waals surface area (Å²) < 4.78 is 0. The summed E-state index contributed by atoms with van der Waals surface area (Å²) >= 11 is 0. The van der Waals surface area contributed by atoms with E-state index in [9.17, 15) is 9.59 Å². The number of aryl methyl sites for hydroxylation is 1. The van der Waals surface area contributed by atoms with E-state index < -0.39 is 0 Å². The van der Waals surface area contributed by atoms with Gasteiger partial charge in [0, 0.05) is 5.56 Å².